The molecule has 2 saturated heterocycles. The van der Waals surface area contributed by atoms with Crippen LogP contribution in [-0.2, 0) is 4.79 Å². The number of aromatic nitrogens is 3. The Kier molecular flexibility index (Phi) is 8.81. The Labute approximate surface area is 242 Å². The standard InChI is InChI=1S/C30H35F3N6O3/c1-3-26(40)38-14-5-4-7-22(18-38)39-27-24(35-29(39)36-28(41)21-10-13-34-20(2)17-21)8-6-9-25(27)42-23-11-15-37(16-12-23)19-30(31,32)33/h3,6,8-10,13,17,22-23H,1,4-5,7,11-12,14-16,18-19H2,2H3,(H,35,36,41). The van der Waals surface area contributed by atoms with Gasteiger partial charge in [0.05, 0.1) is 18.1 Å². The zero-order valence-electron chi connectivity index (χ0n) is 23.6. The number of aryl methyl sites for hydroxylation is 1. The highest BCUT2D eigenvalue weighted by molar-refractivity contribution is 6.04. The minimum atomic E-state index is -4.23. The van der Waals surface area contributed by atoms with E-state index in [1.807, 2.05) is 22.8 Å². The summed E-state index contributed by atoms with van der Waals surface area (Å²) in [7, 11) is 0. The second kappa shape index (κ2) is 12.5. The zero-order chi connectivity index (χ0) is 29.9. The van der Waals surface area contributed by atoms with E-state index >= 15 is 0 Å². The van der Waals surface area contributed by atoms with E-state index in [0.29, 0.717) is 59.9 Å². The van der Waals surface area contributed by atoms with Crippen molar-refractivity contribution in [2.75, 3.05) is 38.0 Å². The van der Waals surface area contributed by atoms with Gasteiger partial charge in [-0.2, -0.15) is 13.2 Å². The van der Waals surface area contributed by atoms with Gasteiger partial charge in [-0.05, 0) is 69.4 Å². The number of alkyl halides is 3. The van der Waals surface area contributed by atoms with Gasteiger partial charge in [0.2, 0.25) is 11.9 Å². The molecule has 2 amide bonds. The summed E-state index contributed by atoms with van der Waals surface area (Å²) in [6.45, 7) is 6.10. The molecule has 2 aromatic heterocycles. The van der Waals surface area contributed by atoms with Gasteiger partial charge in [-0.25, -0.2) is 4.98 Å². The number of ether oxygens (including phenoxy) is 1. The third-order valence-corrected chi connectivity index (χ3v) is 7.79. The lowest BCUT2D eigenvalue weighted by molar-refractivity contribution is -0.149. The van der Waals surface area contributed by atoms with Crippen molar-refractivity contribution >= 4 is 28.8 Å². The van der Waals surface area contributed by atoms with Crippen molar-refractivity contribution in [2.45, 2.75) is 57.3 Å². The lowest BCUT2D eigenvalue weighted by atomic mass is 10.1. The molecule has 4 heterocycles. The second-order valence-electron chi connectivity index (χ2n) is 10.9. The van der Waals surface area contributed by atoms with Crippen LogP contribution in [0.3, 0.4) is 0 Å². The molecule has 1 unspecified atom stereocenters. The van der Waals surface area contributed by atoms with E-state index in [1.54, 1.807) is 30.2 Å². The number of imidazole rings is 1. The highest BCUT2D eigenvalue weighted by Crippen LogP contribution is 2.36. The number of rotatable bonds is 7. The van der Waals surface area contributed by atoms with E-state index in [4.69, 9.17) is 9.72 Å². The number of hydrogen-bond acceptors (Lipinski definition) is 6. The molecular weight excluding hydrogens is 549 g/mol. The van der Waals surface area contributed by atoms with Gasteiger partial charge < -0.3 is 14.2 Å². The summed E-state index contributed by atoms with van der Waals surface area (Å²) in [4.78, 5) is 38.0. The molecule has 9 nitrogen and oxygen atoms in total. The Balaban J connectivity index is 1.49. The molecular formula is C30H35F3N6O3. The van der Waals surface area contributed by atoms with Crippen molar-refractivity contribution in [1.29, 1.82) is 0 Å². The monoisotopic (exact) mass is 584 g/mol. The summed E-state index contributed by atoms with van der Waals surface area (Å²) >= 11 is 0. The SMILES string of the molecule is C=CC(=O)N1CCCCC(n2c(NC(=O)c3ccnc(C)c3)nc3cccc(OC4CCN(CC(F)(F)F)CC4)c32)C1. The van der Waals surface area contributed by atoms with Crippen LogP contribution < -0.4 is 10.1 Å². The van der Waals surface area contributed by atoms with Gasteiger partial charge in [0.25, 0.3) is 5.91 Å². The summed E-state index contributed by atoms with van der Waals surface area (Å²) in [5.41, 5.74) is 2.42. The fourth-order valence-corrected chi connectivity index (χ4v) is 5.79. The largest absolute Gasteiger partial charge is 0.488 e. The number of fused-ring (bicyclic) bond motifs is 1. The number of carbonyl (C=O) groups is 2. The van der Waals surface area contributed by atoms with Crippen LogP contribution in [0.1, 0.15) is 54.2 Å². The molecule has 5 rings (SSSR count). The Hall–Kier alpha value is -3.93. The molecule has 224 valence electrons. The second-order valence-corrected chi connectivity index (χ2v) is 10.9. The summed E-state index contributed by atoms with van der Waals surface area (Å²) < 4.78 is 47.0. The predicted molar refractivity (Wildman–Crippen MR) is 152 cm³/mol. The van der Waals surface area contributed by atoms with Crippen LogP contribution in [0, 0.1) is 6.92 Å². The fraction of sp³-hybridized carbons (Fsp3) is 0.467. The van der Waals surface area contributed by atoms with Gasteiger partial charge in [-0.3, -0.25) is 24.8 Å². The number of benzene rings is 1. The van der Waals surface area contributed by atoms with E-state index < -0.39 is 12.7 Å². The fourth-order valence-electron chi connectivity index (χ4n) is 5.79. The average molecular weight is 585 g/mol. The van der Waals surface area contributed by atoms with Crippen molar-refractivity contribution in [3.63, 3.8) is 0 Å². The Morgan fingerprint density at radius 3 is 2.64 bits per heavy atom. The molecule has 0 radical (unpaired) electrons. The molecule has 0 saturated carbocycles. The maximum atomic E-state index is 13.3. The Morgan fingerprint density at radius 2 is 1.93 bits per heavy atom. The van der Waals surface area contributed by atoms with E-state index in [2.05, 4.69) is 16.9 Å². The summed E-state index contributed by atoms with van der Waals surface area (Å²) in [5.74, 6) is 0.370. The molecule has 0 spiro atoms. The van der Waals surface area contributed by atoms with Crippen molar-refractivity contribution < 1.29 is 27.5 Å². The van der Waals surface area contributed by atoms with Crippen molar-refractivity contribution in [2.24, 2.45) is 0 Å². The van der Waals surface area contributed by atoms with Crippen LogP contribution in [0.25, 0.3) is 11.0 Å². The number of nitrogens with one attached hydrogen (secondary N) is 1. The van der Waals surface area contributed by atoms with E-state index in [-0.39, 0.29) is 37.0 Å². The molecule has 1 N–H and O–H groups in total. The maximum Gasteiger partial charge on any atom is 0.401 e. The summed E-state index contributed by atoms with van der Waals surface area (Å²) in [6.07, 6.45) is 1.73. The smallest absolute Gasteiger partial charge is 0.401 e. The number of para-hydroxylation sites is 1. The van der Waals surface area contributed by atoms with Gasteiger partial charge in [-0.15, -0.1) is 0 Å². The van der Waals surface area contributed by atoms with E-state index in [9.17, 15) is 22.8 Å². The number of carbonyl (C=O) groups excluding carboxylic acids is 2. The highest BCUT2D eigenvalue weighted by atomic mass is 19.4. The van der Waals surface area contributed by atoms with Gasteiger partial charge in [-0.1, -0.05) is 12.6 Å². The molecule has 3 aromatic rings. The maximum absolute atomic E-state index is 13.3. The van der Waals surface area contributed by atoms with Crippen LogP contribution >= 0.6 is 0 Å². The molecule has 0 bridgehead atoms. The third-order valence-electron chi connectivity index (χ3n) is 7.79. The molecule has 2 fully saturated rings. The van der Waals surface area contributed by atoms with Crippen molar-refractivity contribution in [3.8, 4) is 5.75 Å². The third kappa shape index (κ3) is 6.92. The number of hydrogen-bond donors (Lipinski definition) is 1. The first-order valence-electron chi connectivity index (χ1n) is 14.2. The van der Waals surface area contributed by atoms with Crippen LogP contribution in [0.5, 0.6) is 5.75 Å². The number of anilines is 1. The summed E-state index contributed by atoms with van der Waals surface area (Å²) in [6, 6.07) is 8.58. The van der Waals surface area contributed by atoms with Gasteiger partial charge >= 0.3 is 6.18 Å². The number of halogens is 3. The van der Waals surface area contributed by atoms with Crippen LogP contribution in [-0.4, -0.2) is 81.2 Å². The highest BCUT2D eigenvalue weighted by Gasteiger charge is 2.33. The van der Waals surface area contributed by atoms with E-state index in [1.165, 1.54) is 11.0 Å². The first-order valence-corrected chi connectivity index (χ1v) is 14.2. The summed E-state index contributed by atoms with van der Waals surface area (Å²) in [5, 5.41) is 2.97. The molecule has 1 atom stereocenters. The van der Waals surface area contributed by atoms with Crippen molar-refractivity contribution in [3.05, 3.63) is 60.4 Å². The Bertz CT molecular complexity index is 1450. The van der Waals surface area contributed by atoms with Gasteiger partial charge in [0.15, 0.2) is 0 Å². The lowest BCUT2D eigenvalue weighted by Gasteiger charge is -2.33. The van der Waals surface area contributed by atoms with Crippen LogP contribution in [0.2, 0.25) is 0 Å². The molecule has 1 aromatic carbocycles. The molecule has 2 aliphatic heterocycles. The van der Waals surface area contributed by atoms with Crippen LogP contribution in [0.4, 0.5) is 19.1 Å². The Morgan fingerprint density at radius 1 is 1.14 bits per heavy atom. The van der Waals surface area contributed by atoms with Crippen LogP contribution in [0.15, 0.2) is 49.2 Å². The van der Waals surface area contributed by atoms with Gasteiger partial charge in [0.1, 0.15) is 17.4 Å². The van der Waals surface area contributed by atoms with Gasteiger partial charge in [0, 0.05) is 43.6 Å². The number of pyridine rings is 1. The number of piperidine rings is 1. The number of likely N-dealkylation sites (tertiary alicyclic amines) is 2. The minimum Gasteiger partial charge on any atom is -0.488 e. The molecule has 12 heteroatoms. The molecule has 2 aliphatic rings. The number of nitrogens with zero attached hydrogens (tertiary/aromatic N) is 5. The normalized spacial score (nSPS) is 19.0. The first kappa shape index (κ1) is 29.6. The number of amides is 2. The topological polar surface area (TPSA) is 92.6 Å². The minimum absolute atomic E-state index is 0.161. The average Bonchev–Trinajstić information content (AvgIpc) is 3.14. The molecule has 0 aliphatic carbocycles. The lowest BCUT2D eigenvalue weighted by Crippen LogP contribution is -2.42. The molecule has 42 heavy (non-hydrogen) atoms. The first-order chi connectivity index (χ1) is 20.1. The quantitative estimate of drug-likeness (QED) is 0.387. The van der Waals surface area contributed by atoms with E-state index in [0.717, 1.165) is 19.3 Å². The van der Waals surface area contributed by atoms with Crippen molar-refractivity contribution in [1.82, 2.24) is 24.3 Å². The predicted octanol–water partition coefficient (Wildman–Crippen LogP) is 5.14. The zero-order valence-corrected chi connectivity index (χ0v) is 23.6.